The summed E-state index contributed by atoms with van der Waals surface area (Å²) in [6, 6.07) is 0. The van der Waals surface area contributed by atoms with E-state index in [-0.39, 0.29) is 11.3 Å². The summed E-state index contributed by atoms with van der Waals surface area (Å²) in [7, 11) is 0. The third-order valence-corrected chi connectivity index (χ3v) is 2.70. The molecule has 2 atom stereocenters. The van der Waals surface area contributed by atoms with Crippen molar-refractivity contribution in [2.45, 2.75) is 5.37 Å². The van der Waals surface area contributed by atoms with E-state index in [0.717, 1.165) is 6.29 Å². The highest BCUT2D eigenvalue weighted by Gasteiger charge is 2.28. The van der Waals surface area contributed by atoms with Crippen molar-refractivity contribution in [1.29, 1.82) is 0 Å². The third-order valence-electron chi connectivity index (χ3n) is 1.69. The van der Waals surface area contributed by atoms with Crippen LogP contribution in [0.1, 0.15) is 0 Å². The lowest BCUT2D eigenvalue weighted by Crippen LogP contribution is -2.24. The lowest BCUT2D eigenvalue weighted by Gasteiger charge is -2.15. The fourth-order valence-electron chi connectivity index (χ4n) is 1.12. The Morgan fingerprint density at radius 1 is 1.64 bits per heavy atom. The van der Waals surface area contributed by atoms with Gasteiger partial charge in [-0.3, -0.25) is 9.79 Å². The first-order valence-corrected chi connectivity index (χ1v) is 4.23. The highest BCUT2D eigenvalue weighted by atomic mass is 32.2. The fourth-order valence-corrected chi connectivity index (χ4v) is 2.07. The predicted octanol–water partition coefficient (Wildman–Crippen LogP) is 0.871. The van der Waals surface area contributed by atoms with Crippen LogP contribution in [-0.4, -0.2) is 23.7 Å². The fraction of sp³-hybridized carbons (Fsp3) is 0.286. The molecule has 0 amide bonds. The number of rotatable bonds is 1. The standard InChI is InChI=1S/C7H6N2OS/c10-3-6-5-1-2-11-7(5)9-4-8-6/h1-5,7H. The van der Waals surface area contributed by atoms with E-state index in [1.807, 2.05) is 11.5 Å². The van der Waals surface area contributed by atoms with E-state index in [4.69, 9.17) is 0 Å². The maximum Gasteiger partial charge on any atom is 0.165 e. The van der Waals surface area contributed by atoms with Gasteiger partial charge in [-0.05, 0) is 5.41 Å². The van der Waals surface area contributed by atoms with E-state index in [1.54, 1.807) is 11.8 Å². The Hall–Kier alpha value is -0.900. The highest BCUT2D eigenvalue weighted by molar-refractivity contribution is 8.03. The second-order valence-corrected chi connectivity index (χ2v) is 3.34. The monoisotopic (exact) mass is 166 g/mol. The number of aliphatic imine (C=N–C) groups is 2. The molecule has 0 aromatic heterocycles. The molecule has 2 aliphatic rings. The molecule has 0 fully saturated rings. The van der Waals surface area contributed by atoms with Crippen LogP contribution < -0.4 is 0 Å². The number of hydrogen-bond donors (Lipinski definition) is 0. The Kier molecular flexibility index (Phi) is 1.62. The van der Waals surface area contributed by atoms with Crippen LogP contribution in [0, 0.1) is 5.92 Å². The van der Waals surface area contributed by atoms with Gasteiger partial charge in [0.15, 0.2) is 6.29 Å². The molecule has 0 aliphatic carbocycles. The van der Waals surface area contributed by atoms with Crippen LogP contribution in [0.25, 0.3) is 0 Å². The quantitative estimate of drug-likeness (QED) is 0.542. The lowest BCUT2D eigenvalue weighted by molar-refractivity contribution is -0.102. The molecule has 4 heteroatoms. The molecule has 2 rings (SSSR count). The molecule has 0 spiro atoms. The molecule has 56 valence electrons. The van der Waals surface area contributed by atoms with Crippen LogP contribution in [0.15, 0.2) is 21.5 Å². The van der Waals surface area contributed by atoms with Crippen LogP contribution >= 0.6 is 11.8 Å². The summed E-state index contributed by atoms with van der Waals surface area (Å²) in [4.78, 5) is 18.5. The Labute approximate surface area is 68.3 Å². The average Bonchev–Trinajstić information content (AvgIpc) is 2.50. The molecule has 11 heavy (non-hydrogen) atoms. The van der Waals surface area contributed by atoms with Gasteiger partial charge in [-0.2, -0.15) is 0 Å². The predicted molar refractivity (Wildman–Crippen MR) is 46.0 cm³/mol. The lowest BCUT2D eigenvalue weighted by atomic mass is 10.0. The summed E-state index contributed by atoms with van der Waals surface area (Å²) in [5.74, 6) is 0.113. The minimum absolute atomic E-state index is 0.113. The van der Waals surface area contributed by atoms with Gasteiger partial charge in [0.2, 0.25) is 0 Å². The molecule has 3 nitrogen and oxygen atoms in total. The number of nitrogens with zero attached hydrogens (tertiary/aromatic N) is 2. The third kappa shape index (κ3) is 1.03. The van der Waals surface area contributed by atoms with Crippen molar-refractivity contribution in [3.8, 4) is 0 Å². The van der Waals surface area contributed by atoms with Gasteiger partial charge in [-0.1, -0.05) is 6.08 Å². The van der Waals surface area contributed by atoms with Crippen LogP contribution in [-0.2, 0) is 4.79 Å². The van der Waals surface area contributed by atoms with Gasteiger partial charge < -0.3 is 0 Å². The molecule has 2 unspecified atom stereocenters. The molecule has 0 saturated heterocycles. The Bertz CT molecular complexity index is 270. The Morgan fingerprint density at radius 2 is 2.55 bits per heavy atom. The van der Waals surface area contributed by atoms with Crippen molar-refractivity contribution in [3.63, 3.8) is 0 Å². The minimum Gasteiger partial charge on any atom is -0.297 e. The average molecular weight is 166 g/mol. The summed E-state index contributed by atoms with van der Waals surface area (Å²) in [6.07, 6.45) is 4.24. The van der Waals surface area contributed by atoms with Crippen molar-refractivity contribution < 1.29 is 4.79 Å². The topological polar surface area (TPSA) is 41.8 Å². The normalized spacial score (nSPS) is 33.3. The van der Waals surface area contributed by atoms with Crippen LogP contribution in [0.2, 0.25) is 0 Å². The number of fused-ring (bicyclic) bond motifs is 1. The van der Waals surface area contributed by atoms with Crippen molar-refractivity contribution in [3.05, 3.63) is 11.5 Å². The first-order chi connectivity index (χ1) is 5.42. The van der Waals surface area contributed by atoms with Crippen molar-refractivity contribution in [1.82, 2.24) is 0 Å². The number of aldehydes is 1. The smallest absolute Gasteiger partial charge is 0.165 e. The summed E-state index contributed by atoms with van der Waals surface area (Å²) < 4.78 is 0. The largest absolute Gasteiger partial charge is 0.297 e. The van der Waals surface area contributed by atoms with Crippen molar-refractivity contribution >= 4 is 30.1 Å². The van der Waals surface area contributed by atoms with Crippen LogP contribution in [0.3, 0.4) is 0 Å². The molecule has 0 bridgehead atoms. The van der Waals surface area contributed by atoms with Gasteiger partial charge >= 0.3 is 0 Å². The second kappa shape index (κ2) is 2.62. The first-order valence-electron chi connectivity index (χ1n) is 3.28. The molecule has 2 heterocycles. The second-order valence-electron chi connectivity index (χ2n) is 2.32. The van der Waals surface area contributed by atoms with E-state index in [0.29, 0.717) is 5.71 Å². The zero-order chi connectivity index (χ0) is 7.68. The summed E-state index contributed by atoms with van der Waals surface area (Å²) in [5.41, 5.74) is 0.589. The Balaban J connectivity index is 2.32. The zero-order valence-corrected chi connectivity index (χ0v) is 6.49. The van der Waals surface area contributed by atoms with E-state index >= 15 is 0 Å². The Morgan fingerprint density at radius 3 is 3.36 bits per heavy atom. The van der Waals surface area contributed by atoms with E-state index < -0.39 is 0 Å². The SMILES string of the molecule is O=CC1=NC=NC2SC=CC12. The van der Waals surface area contributed by atoms with Gasteiger partial charge in [-0.15, -0.1) is 11.8 Å². The van der Waals surface area contributed by atoms with Crippen LogP contribution in [0.4, 0.5) is 0 Å². The summed E-state index contributed by atoms with van der Waals surface area (Å²) in [6.45, 7) is 0. The van der Waals surface area contributed by atoms with Crippen LogP contribution in [0.5, 0.6) is 0 Å². The zero-order valence-electron chi connectivity index (χ0n) is 5.68. The molecule has 0 aromatic rings. The number of thioether (sulfide) groups is 1. The summed E-state index contributed by atoms with van der Waals surface area (Å²) in [5, 5.41) is 2.13. The van der Waals surface area contributed by atoms with E-state index in [2.05, 4.69) is 9.98 Å². The molecule has 0 saturated carbocycles. The molecular formula is C7H6N2OS. The number of carbonyl (C=O) groups excluding carboxylic acids is 1. The summed E-state index contributed by atoms with van der Waals surface area (Å²) >= 11 is 1.63. The van der Waals surface area contributed by atoms with Gasteiger partial charge in [0.05, 0.1) is 11.6 Å². The molecule has 0 N–H and O–H groups in total. The number of carbonyl (C=O) groups is 1. The maximum atomic E-state index is 10.5. The minimum atomic E-state index is 0.113. The molecule has 2 aliphatic heterocycles. The molecular weight excluding hydrogens is 160 g/mol. The van der Waals surface area contributed by atoms with Crippen molar-refractivity contribution in [2.24, 2.45) is 15.9 Å². The van der Waals surface area contributed by atoms with Crippen molar-refractivity contribution in [2.75, 3.05) is 0 Å². The van der Waals surface area contributed by atoms with Gasteiger partial charge in [0.25, 0.3) is 0 Å². The van der Waals surface area contributed by atoms with Gasteiger partial charge in [-0.25, -0.2) is 4.99 Å². The molecule has 0 aromatic carbocycles. The highest BCUT2D eigenvalue weighted by Crippen LogP contribution is 2.32. The van der Waals surface area contributed by atoms with E-state index in [1.165, 1.54) is 6.34 Å². The van der Waals surface area contributed by atoms with Gasteiger partial charge in [0.1, 0.15) is 11.7 Å². The van der Waals surface area contributed by atoms with Gasteiger partial charge in [0, 0.05) is 0 Å². The maximum absolute atomic E-state index is 10.5. The number of hydrogen-bond acceptors (Lipinski definition) is 4. The molecule has 0 radical (unpaired) electrons. The first kappa shape index (κ1) is 6.79. The van der Waals surface area contributed by atoms with E-state index in [9.17, 15) is 4.79 Å².